The molecule has 1 amide bonds. The van der Waals surface area contributed by atoms with Crippen LogP contribution in [0.4, 0.5) is 5.69 Å². The lowest BCUT2D eigenvalue weighted by atomic mass is 10.2. The molecule has 2 aromatic rings. The molecular weight excluding hydrogens is 256 g/mol. The van der Waals surface area contributed by atoms with Crippen LogP contribution in [0.2, 0.25) is 0 Å². The van der Waals surface area contributed by atoms with Gasteiger partial charge in [0.25, 0.3) is 0 Å². The number of para-hydroxylation sites is 1. The van der Waals surface area contributed by atoms with Crippen LogP contribution in [0, 0.1) is 6.92 Å². The topological polar surface area (TPSA) is 87.6 Å². The fourth-order valence-electron chi connectivity index (χ4n) is 1.77. The highest BCUT2D eigenvalue weighted by molar-refractivity contribution is 5.93. The molecule has 104 valence electrons. The lowest BCUT2D eigenvalue weighted by Gasteiger charge is -2.13. The zero-order valence-corrected chi connectivity index (χ0v) is 11.3. The third-order valence-corrected chi connectivity index (χ3v) is 2.95. The Kier molecular flexibility index (Phi) is 3.79. The number of benzene rings is 2. The monoisotopic (exact) mass is 272 g/mol. The minimum absolute atomic E-state index is 0.353. The molecule has 2 aromatic carbocycles. The molecule has 0 aliphatic carbocycles. The van der Waals surface area contributed by atoms with Crippen LogP contribution in [0.1, 0.15) is 15.9 Å². The summed E-state index contributed by atoms with van der Waals surface area (Å²) in [4.78, 5) is 11.1. The van der Waals surface area contributed by atoms with Crippen molar-refractivity contribution in [1.82, 2.24) is 0 Å². The number of primary amides is 1. The first-order valence-corrected chi connectivity index (χ1v) is 6.03. The third-order valence-electron chi connectivity index (χ3n) is 2.95. The number of hydrogen-bond donors (Lipinski definition) is 2. The Bertz CT molecular complexity index is 654. The molecule has 0 aliphatic heterocycles. The van der Waals surface area contributed by atoms with Crippen molar-refractivity contribution in [2.45, 2.75) is 6.92 Å². The highest BCUT2D eigenvalue weighted by Crippen LogP contribution is 2.35. The van der Waals surface area contributed by atoms with E-state index in [0.717, 1.165) is 5.56 Å². The third kappa shape index (κ3) is 2.66. The Morgan fingerprint density at radius 2 is 1.85 bits per heavy atom. The fourth-order valence-corrected chi connectivity index (χ4v) is 1.77. The summed E-state index contributed by atoms with van der Waals surface area (Å²) in [6.07, 6.45) is 0. The first-order chi connectivity index (χ1) is 9.52. The van der Waals surface area contributed by atoms with Gasteiger partial charge in [0, 0.05) is 5.56 Å². The largest absolute Gasteiger partial charge is 0.493 e. The van der Waals surface area contributed by atoms with Crippen molar-refractivity contribution in [2.75, 3.05) is 12.8 Å². The molecule has 0 radical (unpaired) electrons. The normalized spacial score (nSPS) is 10.1. The van der Waals surface area contributed by atoms with E-state index in [2.05, 4.69) is 0 Å². The van der Waals surface area contributed by atoms with Gasteiger partial charge in [-0.05, 0) is 36.8 Å². The molecule has 2 rings (SSSR count). The van der Waals surface area contributed by atoms with Crippen molar-refractivity contribution < 1.29 is 14.3 Å². The fraction of sp³-hybridized carbons (Fsp3) is 0.133. The number of anilines is 1. The number of amides is 1. The maximum atomic E-state index is 11.1. The molecule has 0 spiro atoms. The summed E-state index contributed by atoms with van der Waals surface area (Å²) in [5.41, 5.74) is 13.0. The van der Waals surface area contributed by atoms with Crippen LogP contribution in [0.3, 0.4) is 0 Å². The van der Waals surface area contributed by atoms with Gasteiger partial charge in [-0.1, -0.05) is 12.1 Å². The van der Waals surface area contributed by atoms with Gasteiger partial charge in [0.2, 0.25) is 5.91 Å². The van der Waals surface area contributed by atoms with E-state index in [0.29, 0.717) is 28.5 Å². The van der Waals surface area contributed by atoms with Crippen LogP contribution < -0.4 is 20.9 Å². The van der Waals surface area contributed by atoms with Crippen LogP contribution in [-0.2, 0) is 0 Å². The van der Waals surface area contributed by atoms with E-state index in [1.165, 1.54) is 13.2 Å². The first kappa shape index (κ1) is 13.7. The molecule has 0 bridgehead atoms. The van der Waals surface area contributed by atoms with Gasteiger partial charge < -0.3 is 20.9 Å². The SMILES string of the molecule is COc1cc(C(N)=O)ccc1Oc1cccc(C)c1N. The molecule has 20 heavy (non-hydrogen) atoms. The quantitative estimate of drug-likeness (QED) is 0.837. The number of ether oxygens (including phenoxy) is 2. The van der Waals surface area contributed by atoms with Crippen molar-refractivity contribution in [3.05, 3.63) is 47.5 Å². The molecule has 0 heterocycles. The number of nitrogens with two attached hydrogens (primary N) is 2. The molecule has 0 saturated heterocycles. The highest BCUT2D eigenvalue weighted by atomic mass is 16.5. The predicted octanol–water partition coefficient (Wildman–Crippen LogP) is 2.48. The number of nitrogen functional groups attached to an aromatic ring is 1. The van der Waals surface area contributed by atoms with E-state index in [4.69, 9.17) is 20.9 Å². The summed E-state index contributed by atoms with van der Waals surface area (Å²) in [7, 11) is 1.49. The Hall–Kier alpha value is -2.69. The zero-order valence-electron chi connectivity index (χ0n) is 11.3. The van der Waals surface area contributed by atoms with Crippen LogP contribution in [0.25, 0.3) is 0 Å². The van der Waals surface area contributed by atoms with E-state index in [1.807, 2.05) is 19.1 Å². The molecule has 0 fully saturated rings. The maximum absolute atomic E-state index is 11.1. The van der Waals surface area contributed by atoms with Gasteiger partial charge in [0.1, 0.15) is 0 Å². The van der Waals surface area contributed by atoms with Crippen molar-refractivity contribution in [3.8, 4) is 17.2 Å². The summed E-state index contributed by atoms with van der Waals surface area (Å²) < 4.78 is 10.9. The van der Waals surface area contributed by atoms with E-state index in [-0.39, 0.29) is 0 Å². The van der Waals surface area contributed by atoms with Crippen molar-refractivity contribution in [3.63, 3.8) is 0 Å². The molecule has 0 atom stereocenters. The van der Waals surface area contributed by atoms with E-state index < -0.39 is 5.91 Å². The van der Waals surface area contributed by atoms with Crippen molar-refractivity contribution in [1.29, 1.82) is 0 Å². The minimum Gasteiger partial charge on any atom is -0.493 e. The van der Waals surface area contributed by atoms with Crippen LogP contribution in [0.5, 0.6) is 17.2 Å². The average Bonchev–Trinajstić information content (AvgIpc) is 2.44. The number of carbonyl (C=O) groups excluding carboxylic acids is 1. The second-order valence-electron chi connectivity index (χ2n) is 4.32. The summed E-state index contributed by atoms with van der Waals surface area (Å²) >= 11 is 0. The van der Waals surface area contributed by atoms with E-state index in [1.54, 1.807) is 18.2 Å². The maximum Gasteiger partial charge on any atom is 0.248 e. The van der Waals surface area contributed by atoms with Gasteiger partial charge >= 0.3 is 0 Å². The molecule has 5 nitrogen and oxygen atoms in total. The van der Waals surface area contributed by atoms with Crippen LogP contribution in [-0.4, -0.2) is 13.0 Å². The molecule has 0 saturated carbocycles. The second kappa shape index (κ2) is 5.52. The van der Waals surface area contributed by atoms with Crippen LogP contribution in [0.15, 0.2) is 36.4 Å². The molecule has 5 heteroatoms. The number of methoxy groups -OCH3 is 1. The lowest BCUT2D eigenvalue weighted by Crippen LogP contribution is -2.10. The van der Waals surface area contributed by atoms with Gasteiger partial charge in [-0.15, -0.1) is 0 Å². The van der Waals surface area contributed by atoms with Gasteiger partial charge in [-0.3, -0.25) is 4.79 Å². The van der Waals surface area contributed by atoms with E-state index in [9.17, 15) is 4.79 Å². The Labute approximate surface area is 117 Å². The summed E-state index contributed by atoms with van der Waals surface area (Å²) in [5.74, 6) is 0.900. The zero-order chi connectivity index (χ0) is 14.7. The average molecular weight is 272 g/mol. The van der Waals surface area contributed by atoms with Crippen LogP contribution >= 0.6 is 0 Å². The Morgan fingerprint density at radius 3 is 2.50 bits per heavy atom. The van der Waals surface area contributed by atoms with E-state index >= 15 is 0 Å². The van der Waals surface area contributed by atoms with Gasteiger partial charge in [-0.25, -0.2) is 0 Å². The minimum atomic E-state index is -0.523. The molecule has 0 aliphatic rings. The van der Waals surface area contributed by atoms with Crippen molar-refractivity contribution in [2.24, 2.45) is 5.73 Å². The van der Waals surface area contributed by atoms with Gasteiger partial charge in [-0.2, -0.15) is 0 Å². The highest BCUT2D eigenvalue weighted by Gasteiger charge is 2.11. The standard InChI is InChI=1S/C15H16N2O3/c1-9-4-3-5-12(14(9)16)20-11-7-6-10(15(17)18)8-13(11)19-2/h3-8H,16H2,1-2H3,(H2,17,18). The number of aryl methyl sites for hydroxylation is 1. The van der Waals surface area contributed by atoms with Crippen molar-refractivity contribution >= 4 is 11.6 Å². The molecular formula is C15H16N2O3. The smallest absolute Gasteiger partial charge is 0.248 e. The molecule has 0 unspecified atom stereocenters. The second-order valence-corrected chi connectivity index (χ2v) is 4.32. The summed E-state index contributed by atoms with van der Waals surface area (Å²) in [5, 5.41) is 0. The molecule has 4 N–H and O–H groups in total. The number of hydrogen-bond acceptors (Lipinski definition) is 4. The summed E-state index contributed by atoms with van der Waals surface area (Å²) in [6.45, 7) is 1.90. The van der Waals surface area contributed by atoms with Gasteiger partial charge in [0.05, 0.1) is 12.8 Å². The first-order valence-electron chi connectivity index (χ1n) is 6.03. The van der Waals surface area contributed by atoms with Gasteiger partial charge in [0.15, 0.2) is 17.2 Å². The predicted molar refractivity (Wildman–Crippen MR) is 77.2 cm³/mol. The summed E-state index contributed by atoms with van der Waals surface area (Å²) in [6, 6.07) is 10.3. The number of carbonyl (C=O) groups is 1. The molecule has 0 aromatic heterocycles. The number of rotatable bonds is 4. The lowest BCUT2D eigenvalue weighted by molar-refractivity contribution is 0.1000. The Balaban J connectivity index is 2.38. The Morgan fingerprint density at radius 1 is 1.10 bits per heavy atom.